The molecule has 0 aliphatic heterocycles. The minimum Gasteiger partial charge on any atom is -0.481 e. The lowest BCUT2D eigenvalue weighted by atomic mass is 9.74. The number of carboxylic acid groups (broad SMARTS) is 1. The second kappa shape index (κ2) is 6.29. The Morgan fingerprint density at radius 2 is 1.83 bits per heavy atom. The fourth-order valence-electron chi connectivity index (χ4n) is 1.14. The summed E-state index contributed by atoms with van der Waals surface area (Å²) in [6.07, 6.45) is 6.40. The maximum absolute atomic E-state index is 11.6. The molecule has 0 heterocycles. The minimum absolute atomic E-state index is 0.383. The molecule has 5 nitrogen and oxygen atoms in total. The molecule has 0 radical (unpaired) electrons. The van der Waals surface area contributed by atoms with Crippen molar-refractivity contribution >= 4 is 12.0 Å². The number of carbonyl (C=O) groups is 2. The van der Waals surface area contributed by atoms with E-state index in [0.29, 0.717) is 19.4 Å². The zero-order valence-electron chi connectivity index (χ0n) is 11.5. The summed E-state index contributed by atoms with van der Waals surface area (Å²) < 4.78 is 0. The van der Waals surface area contributed by atoms with Crippen molar-refractivity contribution in [2.75, 3.05) is 6.54 Å². The van der Waals surface area contributed by atoms with E-state index >= 15 is 0 Å². The number of carboxylic acids is 1. The van der Waals surface area contributed by atoms with Gasteiger partial charge in [-0.15, -0.1) is 12.3 Å². The number of nitrogens with one attached hydrogen (secondary N) is 2. The van der Waals surface area contributed by atoms with Gasteiger partial charge >= 0.3 is 12.0 Å². The van der Waals surface area contributed by atoms with Crippen LogP contribution in [-0.4, -0.2) is 29.2 Å². The third kappa shape index (κ3) is 4.28. The van der Waals surface area contributed by atoms with Gasteiger partial charge in [-0.2, -0.15) is 0 Å². The molecule has 18 heavy (non-hydrogen) atoms. The Kier molecular flexibility index (Phi) is 5.70. The van der Waals surface area contributed by atoms with Crippen molar-refractivity contribution in [1.82, 2.24) is 10.6 Å². The smallest absolute Gasteiger partial charge is 0.315 e. The van der Waals surface area contributed by atoms with Crippen LogP contribution in [0.25, 0.3) is 0 Å². The van der Waals surface area contributed by atoms with Crippen LogP contribution in [0.3, 0.4) is 0 Å². The number of terminal acetylenes is 1. The molecule has 0 aliphatic rings. The van der Waals surface area contributed by atoms with E-state index in [2.05, 4.69) is 16.6 Å². The van der Waals surface area contributed by atoms with Gasteiger partial charge in [0.2, 0.25) is 0 Å². The van der Waals surface area contributed by atoms with Crippen LogP contribution in [0, 0.1) is 17.8 Å². The molecule has 0 fully saturated rings. The van der Waals surface area contributed by atoms with Crippen molar-refractivity contribution in [3.63, 3.8) is 0 Å². The lowest BCUT2D eigenvalue weighted by molar-refractivity contribution is -0.150. The van der Waals surface area contributed by atoms with Gasteiger partial charge < -0.3 is 15.7 Å². The Bertz CT molecular complexity index is 354. The number of rotatable bonds is 6. The summed E-state index contributed by atoms with van der Waals surface area (Å²) in [5, 5.41) is 14.5. The third-order valence-corrected chi connectivity index (χ3v) is 3.31. The zero-order valence-corrected chi connectivity index (χ0v) is 11.5. The maximum Gasteiger partial charge on any atom is 0.315 e. The molecule has 0 aliphatic carbocycles. The van der Waals surface area contributed by atoms with Gasteiger partial charge in [-0.05, 0) is 34.1 Å². The van der Waals surface area contributed by atoms with E-state index < -0.39 is 16.9 Å². The van der Waals surface area contributed by atoms with Gasteiger partial charge in [0.05, 0.1) is 11.0 Å². The van der Waals surface area contributed by atoms with E-state index in [9.17, 15) is 9.59 Å². The van der Waals surface area contributed by atoms with Crippen LogP contribution in [0.5, 0.6) is 0 Å². The molecule has 0 unspecified atom stereocenters. The first-order chi connectivity index (χ1) is 8.15. The molecule has 0 spiro atoms. The second-order valence-electron chi connectivity index (χ2n) is 5.24. The van der Waals surface area contributed by atoms with E-state index in [0.717, 1.165) is 0 Å². The number of aliphatic carboxylic acids is 1. The normalized spacial score (nSPS) is 11.5. The lowest BCUT2D eigenvalue weighted by Gasteiger charge is -2.38. The van der Waals surface area contributed by atoms with Crippen molar-refractivity contribution in [1.29, 1.82) is 0 Å². The molecule has 0 rings (SSSR count). The second-order valence-corrected chi connectivity index (χ2v) is 5.24. The number of urea groups is 1. The first-order valence-corrected chi connectivity index (χ1v) is 5.88. The number of hydrogen-bond donors (Lipinski definition) is 3. The summed E-state index contributed by atoms with van der Waals surface area (Å²) in [6, 6.07) is -0.383. The summed E-state index contributed by atoms with van der Waals surface area (Å²) in [6.45, 7) is 6.99. The van der Waals surface area contributed by atoms with Gasteiger partial charge in [-0.1, -0.05) is 0 Å². The van der Waals surface area contributed by atoms with E-state index in [1.54, 1.807) is 27.7 Å². The van der Waals surface area contributed by atoms with Crippen molar-refractivity contribution < 1.29 is 14.7 Å². The van der Waals surface area contributed by atoms with Gasteiger partial charge in [-0.3, -0.25) is 4.79 Å². The summed E-state index contributed by atoms with van der Waals surface area (Å²) in [5.41, 5.74) is -1.93. The molecule has 5 heteroatoms. The topological polar surface area (TPSA) is 78.4 Å². The van der Waals surface area contributed by atoms with Crippen LogP contribution in [0.1, 0.15) is 40.5 Å². The molecule has 0 bridgehead atoms. The Morgan fingerprint density at radius 1 is 1.28 bits per heavy atom. The Morgan fingerprint density at radius 3 is 2.28 bits per heavy atom. The average Bonchev–Trinajstić information content (AvgIpc) is 2.23. The van der Waals surface area contributed by atoms with E-state index in [-0.39, 0.29) is 6.03 Å². The van der Waals surface area contributed by atoms with E-state index in [1.807, 2.05) is 0 Å². The van der Waals surface area contributed by atoms with Crippen molar-refractivity contribution in [3.8, 4) is 12.3 Å². The molecule has 0 aromatic carbocycles. The molecule has 0 atom stereocenters. The number of carbonyl (C=O) groups excluding carboxylic acids is 1. The molecule has 102 valence electrons. The molecule has 0 aromatic heterocycles. The highest BCUT2D eigenvalue weighted by Crippen LogP contribution is 2.30. The highest BCUT2D eigenvalue weighted by atomic mass is 16.4. The fraction of sp³-hybridized carbons (Fsp3) is 0.692. The van der Waals surface area contributed by atoms with Crippen LogP contribution in [0.15, 0.2) is 0 Å². The number of unbranched alkanes of at least 4 members (excludes halogenated alkanes) is 1. The van der Waals surface area contributed by atoms with E-state index in [1.165, 1.54) is 0 Å². The standard InChI is InChI=1S/C13H22N2O3/c1-6-7-8-9-14-11(18)15-13(4,5)12(2,3)10(16)17/h1H,7-9H2,2-5H3,(H,16,17)(H2,14,15,18). The highest BCUT2D eigenvalue weighted by molar-refractivity contribution is 5.79. The molecule has 0 saturated heterocycles. The van der Waals surface area contributed by atoms with Crippen LogP contribution >= 0.6 is 0 Å². The lowest BCUT2D eigenvalue weighted by Crippen LogP contribution is -2.59. The largest absolute Gasteiger partial charge is 0.481 e. The van der Waals surface area contributed by atoms with E-state index in [4.69, 9.17) is 11.5 Å². The minimum atomic E-state index is -1.07. The first kappa shape index (κ1) is 16.3. The first-order valence-electron chi connectivity index (χ1n) is 5.88. The zero-order chi connectivity index (χ0) is 14.4. The maximum atomic E-state index is 11.6. The third-order valence-electron chi connectivity index (χ3n) is 3.31. The van der Waals surface area contributed by atoms with Gasteiger partial charge in [0, 0.05) is 13.0 Å². The Labute approximate surface area is 108 Å². The number of amides is 2. The quantitative estimate of drug-likeness (QED) is 0.497. The van der Waals surface area contributed by atoms with Gasteiger partial charge in [0.15, 0.2) is 0 Å². The Balaban J connectivity index is 4.37. The predicted octanol–water partition coefficient (Wildman–Crippen LogP) is 1.59. The predicted molar refractivity (Wildman–Crippen MR) is 70.1 cm³/mol. The number of hydrogen-bond acceptors (Lipinski definition) is 2. The fourth-order valence-corrected chi connectivity index (χ4v) is 1.14. The monoisotopic (exact) mass is 254 g/mol. The summed E-state index contributed by atoms with van der Waals surface area (Å²) in [7, 11) is 0. The van der Waals surface area contributed by atoms with Crippen LogP contribution in [-0.2, 0) is 4.79 Å². The SMILES string of the molecule is C#CCCCNC(=O)NC(C)(C)C(C)(C)C(=O)O. The van der Waals surface area contributed by atoms with Crippen molar-refractivity contribution in [2.45, 2.75) is 46.1 Å². The molecule has 0 aromatic rings. The van der Waals surface area contributed by atoms with Gasteiger partial charge in [0.25, 0.3) is 0 Å². The molecule has 0 saturated carbocycles. The molecule has 3 N–H and O–H groups in total. The van der Waals surface area contributed by atoms with Crippen molar-refractivity contribution in [3.05, 3.63) is 0 Å². The van der Waals surface area contributed by atoms with Crippen LogP contribution in [0.2, 0.25) is 0 Å². The summed E-state index contributed by atoms with van der Waals surface area (Å²) in [5.74, 6) is 1.52. The van der Waals surface area contributed by atoms with Crippen LogP contribution in [0.4, 0.5) is 4.79 Å². The Hall–Kier alpha value is -1.70. The summed E-state index contributed by atoms with van der Waals surface area (Å²) in [4.78, 5) is 22.8. The van der Waals surface area contributed by atoms with Crippen LogP contribution < -0.4 is 10.6 Å². The molecule has 2 amide bonds. The summed E-state index contributed by atoms with van der Waals surface area (Å²) >= 11 is 0. The van der Waals surface area contributed by atoms with Crippen molar-refractivity contribution in [2.24, 2.45) is 5.41 Å². The highest BCUT2D eigenvalue weighted by Gasteiger charge is 2.44. The molecular weight excluding hydrogens is 232 g/mol. The average molecular weight is 254 g/mol. The molecular formula is C13H22N2O3. The van der Waals surface area contributed by atoms with Gasteiger partial charge in [-0.25, -0.2) is 4.79 Å². The van der Waals surface area contributed by atoms with Gasteiger partial charge in [0.1, 0.15) is 0 Å².